The number of hydrogen-bond donors (Lipinski definition) is 1. The number of nitrogens with zero attached hydrogens (tertiary/aromatic N) is 3. The van der Waals surface area contributed by atoms with E-state index in [0.717, 1.165) is 4.34 Å². The molecule has 8 nitrogen and oxygen atoms in total. The summed E-state index contributed by atoms with van der Waals surface area (Å²) in [7, 11) is 0. The first kappa shape index (κ1) is 24.1. The molecule has 1 aliphatic heterocycles. The number of halogens is 1. The Morgan fingerprint density at radius 2 is 1.91 bits per heavy atom. The molecular formula is C21H25FN4O4S2. The quantitative estimate of drug-likeness (QED) is 0.435. The van der Waals surface area contributed by atoms with Crippen molar-refractivity contribution in [3.05, 3.63) is 41.2 Å². The summed E-state index contributed by atoms with van der Waals surface area (Å²) in [5, 5.41) is 4.55. The van der Waals surface area contributed by atoms with Gasteiger partial charge in [-0.2, -0.15) is 0 Å². The first-order chi connectivity index (χ1) is 15.4. The lowest BCUT2D eigenvalue weighted by molar-refractivity contribution is -0.142. The summed E-state index contributed by atoms with van der Waals surface area (Å²) < 4.78 is 18.6. The van der Waals surface area contributed by atoms with Gasteiger partial charge < -0.3 is 15.0 Å². The number of esters is 1. The molecule has 0 spiro atoms. The van der Waals surface area contributed by atoms with Crippen LogP contribution in [-0.2, 0) is 25.5 Å². The zero-order chi connectivity index (χ0) is 22.9. The van der Waals surface area contributed by atoms with Crippen LogP contribution in [-0.4, -0.2) is 77.7 Å². The van der Waals surface area contributed by atoms with Crippen molar-refractivity contribution in [3.8, 4) is 0 Å². The number of carbonyl (C=O) groups excluding carboxylic acids is 3. The number of amides is 2. The summed E-state index contributed by atoms with van der Waals surface area (Å²) in [6.45, 7) is 4.63. The molecule has 0 saturated carbocycles. The summed E-state index contributed by atoms with van der Waals surface area (Å²) in [6, 6.07) is 5.63. The Morgan fingerprint density at radius 3 is 2.59 bits per heavy atom. The van der Waals surface area contributed by atoms with Gasteiger partial charge in [-0.3, -0.25) is 19.3 Å². The van der Waals surface area contributed by atoms with Crippen LogP contribution >= 0.6 is 23.1 Å². The Bertz CT molecular complexity index is 930. The molecule has 32 heavy (non-hydrogen) atoms. The van der Waals surface area contributed by atoms with E-state index in [0.29, 0.717) is 44.2 Å². The van der Waals surface area contributed by atoms with E-state index >= 15 is 0 Å². The Labute approximate surface area is 194 Å². The molecule has 1 fully saturated rings. The van der Waals surface area contributed by atoms with Gasteiger partial charge in [0.15, 0.2) is 4.34 Å². The second-order valence-electron chi connectivity index (χ2n) is 7.09. The van der Waals surface area contributed by atoms with Crippen LogP contribution in [0.4, 0.5) is 10.1 Å². The van der Waals surface area contributed by atoms with E-state index in [4.69, 9.17) is 4.74 Å². The highest BCUT2D eigenvalue weighted by Crippen LogP contribution is 2.23. The third kappa shape index (κ3) is 7.57. The number of anilines is 1. The molecule has 11 heteroatoms. The topological polar surface area (TPSA) is 91.8 Å². The van der Waals surface area contributed by atoms with Crippen LogP contribution < -0.4 is 5.32 Å². The number of carbonyl (C=O) groups is 3. The lowest BCUT2D eigenvalue weighted by Gasteiger charge is -2.34. The Balaban J connectivity index is 1.36. The highest BCUT2D eigenvalue weighted by Gasteiger charge is 2.23. The SMILES string of the molecule is CCOC(=O)Cc1csc(SCC(=O)N2CCN(CC(=O)Nc3ccc(F)cc3)CC2)n1. The minimum absolute atomic E-state index is 0.0209. The molecule has 172 valence electrons. The minimum Gasteiger partial charge on any atom is -0.466 e. The van der Waals surface area contributed by atoms with Crippen molar-refractivity contribution < 1.29 is 23.5 Å². The Hall–Kier alpha value is -2.50. The summed E-state index contributed by atoms with van der Waals surface area (Å²) in [5.74, 6) is -0.539. The summed E-state index contributed by atoms with van der Waals surface area (Å²) in [4.78, 5) is 44.4. The standard InChI is InChI=1S/C21H25FN4O4S2/c1-2-30-20(29)11-17-13-31-21(24-17)32-14-19(28)26-9-7-25(8-10-26)12-18(27)23-16-5-3-15(22)4-6-16/h3-6,13H,2,7-12,14H2,1H3,(H,23,27). The predicted octanol–water partition coefficient (Wildman–Crippen LogP) is 2.26. The number of hydrogen-bond acceptors (Lipinski definition) is 8. The molecular weight excluding hydrogens is 455 g/mol. The van der Waals surface area contributed by atoms with Crippen molar-refractivity contribution in [2.75, 3.05) is 50.4 Å². The van der Waals surface area contributed by atoms with Gasteiger partial charge in [0, 0.05) is 37.2 Å². The van der Waals surface area contributed by atoms with Gasteiger partial charge in [0.1, 0.15) is 5.82 Å². The van der Waals surface area contributed by atoms with Gasteiger partial charge in [-0.05, 0) is 31.2 Å². The summed E-state index contributed by atoms with van der Waals surface area (Å²) in [5.41, 5.74) is 1.20. The number of nitrogens with one attached hydrogen (secondary N) is 1. The van der Waals surface area contributed by atoms with Gasteiger partial charge in [0.2, 0.25) is 11.8 Å². The predicted molar refractivity (Wildman–Crippen MR) is 121 cm³/mol. The number of piperazine rings is 1. The van der Waals surface area contributed by atoms with E-state index in [2.05, 4.69) is 10.3 Å². The van der Waals surface area contributed by atoms with Crippen LogP contribution in [0.15, 0.2) is 34.0 Å². The van der Waals surface area contributed by atoms with E-state index in [1.807, 2.05) is 4.90 Å². The minimum atomic E-state index is -0.353. The van der Waals surface area contributed by atoms with Crippen LogP contribution in [0.3, 0.4) is 0 Å². The Kier molecular flexibility index (Phi) is 9.00. The van der Waals surface area contributed by atoms with Gasteiger partial charge in [0.25, 0.3) is 0 Å². The van der Waals surface area contributed by atoms with Gasteiger partial charge >= 0.3 is 5.97 Å². The number of aromatic nitrogens is 1. The van der Waals surface area contributed by atoms with E-state index in [9.17, 15) is 18.8 Å². The first-order valence-electron chi connectivity index (χ1n) is 10.2. The van der Waals surface area contributed by atoms with Crippen molar-refractivity contribution in [3.63, 3.8) is 0 Å². The zero-order valence-electron chi connectivity index (χ0n) is 17.7. The molecule has 3 rings (SSSR count). The number of ether oxygens (including phenoxy) is 1. The van der Waals surface area contributed by atoms with Crippen molar-refractivity contribution in [2.45, 2.75) is 17.7 Å². The number of rotatable bonds is 9. The zero-order valence-corrected chi connectivity index (χ0v) is 19.3. The van der Waals surface area contributed by atoms with Crippen molar-refractivity contribution in [1.29, 1.82) is 0 Å². The second kappa shape index (κ2) is 11.9. The fraction of sp³-hybridized carbons (Fsp3) is 0.429. The van der Waals surface area contributed by atoms with Gasteiger partial charge in [-0.15, -0.1) is 11.3 Å². The third-order valence-electron chi connectivity index (χ3n) is 4.70. The molecule has 2 heterocycles. The van der Waals surface area contributed by atoms with Gasteiger partial charge in [-0.25, -0.2) is 9.37 Å². The van der Waals surface area contributed by atoms with Crippen LogP contribution in [0.5, 0.6) is 0 Å². The van der Waals surface area contributed by atoms with Crippen LogP contribution in [0.1, 0.15) is 12.6 Å². The fourth-order valence-corrected chi connectivity index (χ4v) is 4.85. The van der Waals surface area contributed by atoms with Crippen molar-refractivity contribution in [2.24, 2.45) is 0 Å². The molecule has 0 unspecified atom stereocenters. The Morgan fingerprint density at radius 1 is 1.19 bits per heavy atom. The fourth-order valence-electron chi connectivity index (χ4n) is 3.10. The van der Waals surface area contributed by atoms with Gasteiger partial charge in [0.05, 0.1) is 31.0 Å². The molecule has 1 N–H and O–H groups in total. The normalized spacial score (nSPS) is 14.2. The second-order valence-corrected chi connectivity index (χ2v) is 9.17. The smallest absolute Gasteiger partial charge is 0.311 e. The monoisotopic (exact) mass is 480 g/mol. The largest absolute Gasteiger partial charge is 0.466 e. The third-order valence-corrected chi connectivity index (χ3v) is 6.76. The molecule has 1 aromatic carbocycles. The molecule has 0 atom stereocenters. The molecule has 2 amide bonds. The molecule has 1 saturated heterocycles. The van der Waals surface area contributed by atoms with E-state index in [-0.39, 0.29) is 42.3 Å². The first-order valence-corrected chi connectivity index (χ1v) is 12.1. The van der Waals surface area contributed by atoms with Crippen LogP contribution in [0, 0.1) is 5.82 Å². The van der Waals surface area contributed by atoms with E-state index in [1.54, 1.807) is 17.2 Å². The molecule has 1 aromatic heterocycles. The summed E-state index contributed by atoms with van der Waals surface area (Å²) >= 11 is 2.76. The van der Waals surface area contributed by atoms with E-state index in [1.165, 1.54) is 47.4 Å². The molecule has 0 radical (unpaired) electrons. The maximum atomic E-state index is 12.9. The number of benzene rings is 1. The molecule has 0 bridgehead atoms. The van der Waals surface area contributed by atoms with Crippen molar-refractivity contribution >= 4 is 46.6 Å². The molecule has 1 aliphatic rings. The highest BCUT2D eigenvalue weighted by molar-refractivity contribution is 8.01. The van der Waals surface area contributed by atoms with Gasteiger partial charge in [-0.1, -0.05) is 11.8 Å². The number of thioether (sulfide) groups is 1. The lowest BCUT2D eigenvalue weighted by atomic mass is 10.3. The molecule has 0 aliphatic carbocycles. The average molecular weight is 481 g/mol. The lowest BCUT2D eigenvalue weighted by Crippen LogP contribution is -2.50. The molecule has 2 aromatic rings. The van der Waals surface area contributed by atoms with Crippen molar-refractivity contribution in [1.82, 2.24) is 14.8 Å². The average Bonchev–Trinajstić information content (AvgIpc) is 3.21. The van der Waals surface area contributed by atoms with E-state index < -0.39 is 0 Å². The number of thiazole rings is 1. The van der Waals surface area contributed by atoms with Crippen LogP contribution in [0.2, 0.25) is 0 Å². The highest BCUT2D eigenvalue weighted by atomic mass is 32.2. The van der Waals surface area contributed by atoms with Crippen LogP contribution in [0.25, 0.3) is 0 Å². The summed E-state index contributed by atoms with van der Waals surface area (Å²) in [6.07, 6.45) is 0.134. The maximum Gasteiger partial charge on any atom is 0.311 e. The maximum absolute atomic E-state index is 12.9.